The van der Waals surface area contributed by atoms with Gasteiger partial charge in [-0.15, -0.1) is 0 Å². The Morgan fingerprint density at radius 2 is 1.68 bits per heavy atom. The minimum absolute atomic E-state index is 0.169. The number of nitrogens with one attached hydrogen (secondary N) is 1. The molecule has 0 aliphatic heterocycles. The highest BCUT2D eigenvalue weighted by molar-refractivity contribution is 6.44. The van der Waals surface area contributed by atoms with Crippen molar-refractivity contribution in [3.63, 3.8) is 0 Å². The minimum Gasteiger partial charge on any atom is -0.423 e. The number of carbonyl (C=O) groups excluding carboxylic acids is 2. The lowest BCUT2D eigenvalue weighted by Crippen LogP contribution is -2.13. The van der Waals surface area contributed by atoms with Crippen molar-refractivity contribution >= 4 is 58.4 Å². The van der Waals surface area contributed by atoms with Crippen molar-refractivity contribution in [3.05, 3.63) is 98.5 Å². The van der Waals surface area contributed by atoms with Crippen molar-refractivity contribution in [1.82, 2.24) is 0 Å². The molecule has 0 spiro atoms. The molecule has 3 aromatic carbocycles. The van der Waals surface area contributed by atoms with Crippen LogP contribution in [0.1, 0.15) is 15.9 Å². The van der Waals surface area contributed by atoms with E-state index in [0.29, 0.717) is 16.1 Å². The lowest BCUT2D eigenvalue weighted by atomic mass is 10.1. The minimum atomic E-state index is -0.657. The number of benzene rings is 3. The maximum atomic E-state index is 12.5. The van der Waals surface area contributed by atoms with Gasteiger partial charge in [-0.1, -0.05) is 53.0 Å². The fraction of sp³-hybridized carbons (Fsp3) is 0. The van der Waals surface area contributed by atoms with E-state index in [1.54, 1.807) is 60.7 Å². The van der Waals surface area contributed by atoms with Crippen LogP contribution in [0.4, 0.5) is 5.69 Å². The van der Waals surface area contributed by atoms with E-state index in [1.165, 1.54) is 12.1 Å². The van der Waals surface area contributed by atoms with E-state index < -0.39 is 11.9 Å². The Balaban J connectivity index is 1.77. The number of nitriles is 1. The number of amides is 1. The van der Waals surface area contributed by atoms with E-state index in [-0.39, 0.29) is 27.1 Å². The summed E-state index contributed by atoms with van der Waals surface area (Å²) in [6, 6.07) is 19.3. The molecule has 154 valence electrons. The molecule has 0 aromatic heterocycles. The van der Waals surface area contributed by atoms with Crippen LogP contribution >= 0.6 is 34.8 Å². The maximum absolute atomic E-state index is 12.5. The Hall–Kier alpha value is -3.30. The molecule has 1 N–H and O–H groups in total. The summed E-state index contributed by atoms with van der Waals surface area (Å²) in [5.41, 5.74) is 0.939. The summed E-state index contributed by atoms with van der Waals surface area (Å²) >= 11 is 17.8. The average Bonchev–Trinajstić information content (AvgIpc) is 2.76. The van der Waals surface area contributed by atoms with Crippen molar-refractivity contribution in [2.24, 2.45) is 0 Å². The number of ether oxygens (including phenoxy) is 1. The number of esters is 1. The molecule has 0 saturated heterocycles. The van der Waals surface area contributed by atoms with Crippen LogP contribution in [0.3, 0.4) is 0 Å². The third kappa shape index (κ3) is 5.87. The topological polar surface area (TPSA) is 79.2 Å². The number of rotatable bonds is 5. The Morgan fingerprint density at radius 1 is 0.968 bits per heavy atom. The first-order valence-electron chi connectivity index (χ1n) is 8.82. The van der Waals surface area contributed by atoms with Gasteiger partial charge in [-0.25, -0.2) is 4.79 Å². The van der Waals surface area contributed by atoms with Gasteiger partial charge in [0.1, 0.15) is 17.4 Å². The largest absolute Gasteiger partial charge is 0.423 e. The van der Waals surface area contributed by atoms with Crippen molar-refractivity contribution in [2.75, 3.05) is 5.32 Å². The standard InChI is InChI=1S/C23H13Cl3N2O3/c24-17-9-7-15(8-10-17)23(30)31-18-4-1-3-14(12-18)11-16(13-27)22(29)28-20-6-2-5-19(25)21(20)26/h1-12H,(H,28,29)/b16-11+. The highest BCUT2D eigenvalue weighted by Gasteiger charge is 2.13. The SMILES string of the molecule is N#C/C(=C\c1cccc(OC(=O)c2ccc(Cl)cc2)c1)C(=O)Nc1cccc(Cl)c1Cl. The van der Waals surface area contributed by atoms with Gasteiger partial charge in [-0.2, -0.15) is 5.26 Å². The second-order valence-corrected chi connectivity index (χ2v) is 7.42. The summed E-state index contributed by atoms with van der Waals surface area (Å²) in [6.07, 6.45) is 1.37. The van der Waals surface area contributed by atoms with Gasteiger partial charge in [0.15, 0.2) is 0 Å². The van der Waals surface area contributed by atoms with Crippen LogP contribution in [-0.2, 0) is 4.79 Å². The molecule has 8 heteroatoms. The van der Waals surface area contributed by atoms with Crippen LogP contribution in [0.25, 0.3) is 6.08 Å². The zero-order valence-electron chi connectivity index (χ0n) is 15.7. The smallest absolute Gasteiger partial charge is 0.343 e. The van der Waals surface area contributed by atoms with E-state index >= 15 is 0 Å². The molecule has 0 heterocycles. The van der Waals surface area contributed by atoms with Gasteiger partial charge < -0.3 is 10.1 Å². The third-order valence-electron chi connectivity index (χ3n) is 4.02. The predicted molar refractivity (Wildman–Crippen MR) is 122 cm³/mol. The van der Waals surface area contributed by atoms with Gasteiger partial charge >= 0.3 is 5.97 Å². The molecule has 1 amide bonds. The molecule has 3 aromatic rings. The van der Waals surface area contributed by atoms with Gasteiger partial charge in [0.05, 0.1) is 21.3 Å². The second-order valence-electron chi connectivity index (χ2n) is 6.19. The molecule has 0 aliphatic carbocycles. The molecule has 0 fully saturated rings. The van der Waals surface area contributed by atoms with E-state index in [0.717, 1.165) is 0 Å². The maximum Gasteiger partial charge on any atom is 0.343 e. The zero-order chi connectivity index (χ0) is 22.4. The third-order valence-corrected chi connectivity index (χ3v) is 5.10. The number of hydrogen-bond acceptors (Lipinski definition) is 4. The fourth-order valence-electron chi connectivity index (χ4n) is 2.52. The Kier molecular flexibility index (Phi) is 7.32. The average molecular weight is 472 g/mol. The van der Waals surface area contributed by atoms with Crippen molar-refractivity contribution < 1.29 is 14.3 Å². The Labute approximate surface area is 193 Å². The molecule has 0 radical (unpaired) electrons. The monoisotopic (exact) mass is 470 g/mol. The molecule has 31 heavy (non-hydrogen) atoms. The number of halogens is 3. The van der Waals surface area contributed by atoms with Crippen LogP contribution in [-0.4, -0.2) is 11.9 Å². The lowest BCUT2D eigenvalue weighted by Gasteiger charge is -2.08. The Morgan fingerprint density at radius 3 is 2.39 bits per heavy atom. The van der Waals surface area contributed by atoms with E-state index in [1.807, 2.05) is 6.07 Å². The van der Waals surface area contributed by atoms with Crippen LogP contribution in [0.15, 0.2) is 72.3 Å². The predicted octanol–water partition coefficient (Wildman–Crippen LogP) is 6.41. The first-order chi connectivity index (χ1) is 14.9. The van der Waals surface area contributed by atoms with Crippen LogP contribution in [0.5, 0.6) is 5.75 Å². The van der Waals surface area contributed by atoms with Gasteiger partial charge in [0, 0.05) is 5.02 Å². The molecule has 0 saturated carbocycles. The molecule has 5 nitrogen and oxygen atoms in total. The first kappa shape index (κ1) is 22.4. The summed E-state index contributed by atoms with van der Waals surface area (Å²) in [6.45, 7) is 0. The van der Waals surface area contributed by atoms with Crippen LogP contribution < -0.4 is 10.1 Å². The lowest BCUT2D eigenvalue weighted by molar-refractivity contribution is -0.112. The van der Waals surface area contributed by atoms with Gasteiger partial charge in [0.2, 0.25) is 0 Å². The molecule has 0 unspecified atom stereocenters. The Bertz CT molecular complexity index is 1220. The van der Waals surface area contributed by atoms with Crippen molar-refractivity contribution in [3.8, 4) is 11.8 Å². The quantitative estimate of drug-likeness (QED) is 0.202. The van der Waals surface area contributed by atoms with E-state index in [2.05, 4.69) is 5.32 Å². The number of nitrogens with zero attached hydrogens (tertiary/aromatic N) is 1. The molecule has 0 bridgehead atoms. The highest BCUT2D eigenvalue weighted by atomic mass is 35.5. The van der Waals surface area contributed by atoms with Crippen LogP contribution in [0, 0.1) is 11.3 Å². The van der Waals surface area contributed by atoms with Gasteiger partial charge in [-0.3, -0.25) is 4.79 Å². The second kappa shape index (κ2) is 10.1. The van der Waals surface area contributed by atoms with Crippen molar-refractivity contribution in [1.29, 1.82) is 5.26 Å². The summed E-state index contributed by atoms with van der Waals surface area (Å²) in [5.74, 6) is -0.967. The van der Waals surface area contributed by atoms with E-state index in [4.69, 9.17) is 39.5 Å². The number of anilines is 1. The van der Waals surface area contributed by atoms with Gasteiger partial charge in [0.25, 0.3) is 5.91 Å². The normalized spacial score (nSPS) is 10.8. The summed E-state index contributed by atoms with van der Waals surface area (Å²) in [5, 5.41) is 12.9. The number of hydrogen-bond donors (Lipinski definition) is 1. The highest BCUT2D eigenvalue weighted by Crippen LogP contribution is 2.30. The molecule has 0 atom stereocenters. The van der Waals surface area contributed by atoms with E-state index in [9.17, 15) is 14.9 Å². The van der Waals surface area contributed by atoms with Crippen molar-refractivity contribution in [2.45, 2.75) is 0 Å². The molecular formula is C23H13Cl3N2O3. The summed E-state index contributed by atoms with van der Waals surface area (Å²) < 4.78 is 5.35. The summed E-state index contributed by atoms with van der Waals surface area (Å²) in [7, 11) is 0. The summed E-state index contributed by atoms with van der Waals surface area (Å²) in [4.78, 5) is 24.8. The fourth-order valence-corrected chi connectivity index (χ4v) is 3.00. The first-order valence-corrected chi connectivity index (χ1v) is 9.96. The van der Waals surface area contributed by atoms with Crippen LogP contribution in [0.2, 0.25) is 15.1 Å². The van der Waals surface area contributed by atoms with Gasteiger partial charge in [-0.05, 0) is 60.2 Å². The molecule has 0 aliphatic rings. The molecular weight excluding hydrogens is 459 g/mol. The zero-order valence-corrected chi connectivity index (χ0v) is 18.0. The number of carbonyl (C=O) groups is 2. The molecule has 3 rings (SSSR count).